The number of carbonyl (C=O) groups is 1. The standard InChI is InChI=1S/C12H16N2OS/c1-14-8-7-11(12(14)15)13-9-3-5-10(16-2)6-4-9/h3-6,11,13H,7-8H2,1-2H3. The fourth-order valence-electron chi connectivity index (χ4n) is 1.84. The molecule has 0 aliphatic carbocycles. The molecule has 1 fully saturated rings. The Kier molecular flexibility index (Phi) is 3.39. The number of rotatable bonds is 3. The van der Waals surface area contributed by atoms with Gasteiger partial charge in [-0.2, -0.15) is 0 Å². The summed E-state index contributed by atoms with van der Waals surface area (Å²) in [4.78, 5) is 14.7. The van der Waals surface area contributed by atoms with E-state index in [0.29, 0.717) is 0 Å². The van der Waals surface area contributed by atoms with Crippen molar-refractivity contribution in [2.45, 2.75) is 17.4 Å². The minimum absolute atomic E-state index is 0.0508. The first-order chi connectivity index (χ1) is 7.70. The van der Waals surface area contributed by atoms with Crippen molar-refractivity contribution in [2.75, 3.05) is 25.2 Å². The second kappa shape index (κ2) is 4.78. The summed E-state index contributed by atoms with van der Waals surface area (Å²) in [7, 11) is 1.85. The number of hydrogen-bond donors (Lipinski definition) is 1. The van der Waals surface area contributed by atoms with E-state index in [9.17, 15) is 4.79 Å². The van der Waals surface area contributed by atoms with Gasteiger partial charge in [0, 0.05) is 24.2 Å². The first kappa shape index (κ1) is 11.3. The SMILES string of the molecule is CSc1ccc(NC2CCN(C)C2=O)cc1. The molecule has 1 N–H and O–H groups in total. The minimum atomic E-state index is -0.0508. The van der Waals surface area contributed by atoms with Gasteiger partial charge < -0.3 is 10.2 Å². The molecule has 0 radical (unpaired) electrons. The molecule has 2 rings (SSSR count). The van der Waals surface area contributed by atoms with Gasteiger partial charge in [-0.15, -0.1) is 11.8 Å². The Morgan fingerprint density at radius 2 is 2.06 bits per heavy atom. The number of benzene rings is 1. The second-order valence-corrected chi connectivity index (χ2v) is 4.85. The van der Waals surface area contributed by atoms with Gasteiger partial charge in [0.25, 0.3) is 0 Å². The zero-order chi connectivity index (χ0) is 11.5. The van der Waals surface area contributed by atoms with E-state index in [1.165, 1.54) is 4.90 Å². The topological polar surface area (TPSA) is 32.3 Å². The van der Waals surface area contributed by atoms with E-state index in [1.54, 1.807) is 16.7 Å². The van der Waals surface area contributed by atoms with E-state index in [2.05, 4.69) is 23.7 Å². The Labute approximate surface area is 100 Å². The van der Waals surface area contributed by atoms with Gasteiger partial charge in [0.1, 0.15) is 6.04 Å². The van der Waals surface area contributed by atoms with E-state index in [4.69, 9.17) is 0 Å². The van der Waals surface area contributed by atoms with Crippen LogP contribution in [0.3, 0.4) is 0 Å². The van der Waals surface area contributed by atoms with Gasteiger partial charge >= 0.3 is 0 Å². The number of anilines is 1. The molecule has 1 heterocycles. The van der Waals surface area contributed by atoms with Crippen molar-refractivity contribution in [1.29, 1.82) is 0 Å². The van der Waals surface area contributed by atoms with Crippen LogP contribution in [0.1, 0.15) is 6.42 Å². The predicted octanol–water partition coefficient (Wildman–Crippen LogP) is 2.05. The van der Waals surface area contributed by atoms with Gasteiger partial charge in [-0.05, 0) is 36.9 Å². The number of amides is 1. The van der Waals surface area contributed by atoms with Crippen molar-refractivity contribution in [1.82, 2.24) is 4.90 Å². The first-order valence-electron chi connectivity index (χ1n) is 5.36. The highest BCUT2D eigenvalue weighted by Gasteiger charge is 2.28. The summed E-state index contributed by atoms with van der Waals surface area (Å²) in [6.45, 7) is 0.847. The lowest BCUT2D eigenvalue weighted by Crippen LogP contribution is -2.30. The number of nitrogens with one attached hydrogen (secondary N) is 1. The number of hydrogen-bond acceptors (Lipinski definition) is 3. The summed E-state index contributed by atoms with van der Waals surface area (Å²) in [6, 6.07) is 8.13. The van der Waals surface area contributed by atoms with Crippen LogP contribution in [0.15, 0.2) is 29.2 Å². The van der Waals surface area contributed by atoms with E-state index < -0.39 is 0 Å². The molecule has 1 aliphatic heterocycles. The van der Waals surface area contributed by atoms with Crippen molar-refractivity contribution in [3.8, 4) is 0 Å². The predicted molar refractivity (Wildman–Crippen MR) is 67.9 cm³/mol. The van der Waals surface area contributed by atoms with Crippen LogP contribution in [0.5, 0.6) is 0 Å². The fraction of sp³-hybridized carbons (Fsp3) is 0.417. The molecule has 1 aromatic carbocycles. The van der Waals surface area contributed by atoms with Crippen LogP contribution < -0.4 is 5.32 Å². The van der Waals surface area contributed by atoms with Gasteiger partial charge in [0.15, 0.2) is 0 Å². The van der Waals surface area contributed by atoms with E-state index in [0.717, 1.165) is 18.7 Å². The van der Waals surface area contributed by atoms with Gasteiger partial charge in [0.2, 0.25) is 5.91 Å². The summed E-state index contributed by atoms with van der Waals surface area (Å²) in [5.41, 5.74) is 1.02. The lowest BCUT2D eigenvalue weighted by atomic mass is 10.2. The monoisotopic (exact) mass is 236 g/mol. The third-order valence-electron chi connectivity index (χ3n) is 2.86. The molecule has 1 aliphatic rings. The van der Waals surface area contributed by atoms with Crippen LogP contribution in [0.25, 0.3) is 0 Å². The first-order valence-corrected chi connectivity index (χ1v) is 6.59. The Morgan fingerprint density at radius 3 is 2.56 bits per heavy atom. The fourth-order valence-corrected chi connectivity index (χ4v) is 2.25. The molecule has 86 valence electrons. The van der Waals surface area contributed by atoms with E-state index >= 15 is 0 Å². The zero-order valence-corrected chi connectivity index (χ0v) is 10.4. The lowest BCUT2D eigenvalue weighted by Gasteiger charge is -2.13. The molecule has 1 saturated heterocycles. The molecule has 1 aromatic rings. The Morgan fingerprint density at radius 1 is 1.38 bits per heavy atom. The van der Waals surface area contributed by atoms with Crippen LogP contribution in [0.2, 0.25) is 0 Å². The Bertz CT molecular complexity index is 377. The zero-order valence-electron chi connectivity index (χ0n) is 9.56. The molecule has 1 unspecified atom stereocenters. The summed E-state index contributed by atoms with van der Waals surface area (Å²) >= 11 is 1.72. The van der Waals surface area contributed by atoms with Gasteiger partial charge in [-0.3, -0.25) is 4.79 Å². The number of thioether (sulfide) groups is 1. The third-order valence-corrected chi connectivity index (χ3v) is 3.60. The number of carbonyl (C=O) groups excluding carboxylic acids is 1. The number of likely N-dealkylation sites (tertiary alicyclic amines) is 1. The van der Waals surface area contributed by atoms with Crippen molar-refractivity contribution in [3.63, 3.8) is 0 Å². The number of nitrogens with zero attached hydrogens (tertiary/aromatic N) is 1. The van der Waals surface area contributed by atoms with Crippen LogP contribution in [0, 0.1) is 0 Å². The summed E-state index contributed by atoms with van der Waals surface area (Å²) in [5, 5.41) is 3.27. The molecule has 4 heteroatoms. The molecular formula is C12H16N2OS. The second-order valence-electron chi connectivity index (χ2n) is 3.97. The van der Waals surface area contributed by atoms with Crippen LogP contribution >= 0.6 is 11.8 Å². The molecule has 0 spiro atoms. The lowest BCUT2D eigenvalue weighted by molar-refractivity contribution is -0.127. The minimum Gasteiger partial charge on any atom is -0.374 e. The Balaban J connectivity index is 2.01. The molecule has 0 aromatic heterocycles. The smallest absolute Gasteiger partial charge is 0.244 e. The van der Waals surface area contributed by atoms with Crippen LogP contribution in [0.4, 0.5) is 5.69 Å². The van der Waals surface area contributed by atoms with Crippen molar-refractivity contribution >= 4 is 23.4 Å². The molecule has 3 nitrogen and oxygen atoms in total. The summed E-state index contributed by atoms with van der Waals surface area (Å²) in [6.07, 6.45) is 2.94. The van der Waals surface area contributed by atoms with E-state index in [-0.39, 0.29) is 11.9 Å². The molecule has 1 atom stereocenters. The van der Waals surface area contributed by atoms with Gasteiger partial charge in [-0.25, -0.2) is 0 Å². The van der Waals surface area contributed by atoms with Crippen LogP contribution in [-0.2, 0) is 4.79 Å². The van der Waals surface area contributed by atoms with Crippen LogP contribution in [-0.4, -0.2) is 36.7 Å². The average molecular weight is 236 g/mol. The highest BCUT2D eigenvalue weighted by atomic mass is 32.2. The quantitative estimate of drug-likeness (QED) is 0.815. The molecular weight excluding hydrogens is 220 g/mol. The highest BCUT2D eigenvalue weighted by molar-refractivity contribution is 7.98. The van der Waals surface area contributed by atoms with Crippen molar-refractivity contribution in [2.24, 2.45) is 0 Å². The Hall–Kier alpha value is -1.16. The maximum Gasteiger partial charge on any atom is 0.244 e. The maximum absolute atomic E-state index is 11.7. The van der Waals surface area contributed by atoms with E-state index in [1.807, 2.05) is 19.2 Å². The van der Waals surface area contributed by atoms with Crippen molar-refractivity contribution < 1.29 is 4.79 Å². The molecule has 0 bridgehead atoms. The third kappa shape index (κ3) is 2.32. The summed E-state index contributed by atoms with van der Waals surface area (Å²) < 4.78 is 0. The normalized spacial score (nSPS) is 20.2. The largest absolute Gasteiger partial charge is 0.374 e. The van der Waals surface area contributed by atoms with Gasteiger partial charge in [0.05, 0.1) is 0 Å². The molecule has 16 heavy (non-hydrogen) atoms. The number of likely N-dealkylation sites (N-methyl/N-ethyl adjacent to an activating group) is 1. The van der Waals surface area contributed by atoms with Crippen molar-refractivity contribution in [3.05, 3.63) is 24.3 Å². The maximum atomic E-state index is 11.7. The molecule has 1 amide bonds. The molecule has 0 saturated carbocycles. The summed E-state index contributed by atoms with van der Waals surface area (Å²) in [5.74, 6) is 0.189. The van der Waals surface area contributed by atoms with Gasteiger partial charge in [-0.1, -0.05) is 0 Å². The highest BCUT2D eigenvalue weighted by Crippen LogP contribution is 2.20. The average Bonchev–Trinajstić information content (AvgIpc) is 2.62.